The van der Waals surface area contributed by atoms with E-state index in [0.29, 0.717) is 0 Å². The van der Waals surface area contributed by atoms with Gasteiger partial charge in [-0.2, -0.15) is 0 Å². The molecule has 2 heterocycles. The average Bonchev–Trinajstić information content (AvgIpc) is 1.86. The summed E-state index contributed by atoms with van der Waals surface area (Å²) in [5.41, 5.74) is 1.23. The average molecular weight is 133 g/mol. The molecule has 1 radical (unpaired) electrons. The van der Waals surface area contributed by atoms with Crippen molar-refractivity contribution in [1.82, 2.24) is 4.98 Å². The van der Waals surface area contributed by atoms with Crippen LogP contribution in [0, 0.1) is 6.20 Å². The molecule has 0 atom stereocenters. The molecule has 1 aromatic heterocycles. The summed E-state index contributed by atoms with van der Waals surface area (Å²) in [6, 6.07) is 3.90. The fourth-order valence-electron chi connectivity index (χ4n) is 1.07. The quantitative estimate of drug-likeness (QED) is 0.570. The van der Waals surface area contributed by atoms with E-state index >= 15 is 0 Å². The molecule has 0 amide bonds. The van der Waals surface area contributed by atoms with Crippen molar-refractivity contribution in [1.29, 1.82) is 0 Å². The molecule has 0 aliphatic carbocycles. The van der Waals surface area contributed by atoms with Crippen molar-refractivity contribution in [3.8, 4) is 0 Å². The van der Waals surface area contributed by atoms with Crippen LogP contribution >= 0.6 is 0 Å². The first-order chi connectivity index (χ1) is 4.97. The number of hydrogen-bond acceptors (Lipinski definition) is 2. The zero-order valence-corrected chi connectivity index (χ0v) is 5.75. The predicted molar refractivity (Wildman–Crippen MR) is 39.9 cm³/mol. The van der Waals surface area contributed by atoms with E-state index in [-0.39, 0.29) is 0 Å². The van der Waals surface area contributed by atoms with Gasteiger partial charge in [-0.15, -0.1) is 0 Å². The van der Waals surface area contributed by atoms with E-state index in [1.807, 2.05) is 18.3 Å². The molecule has 0 unspecified atom stereocenters. The molecule has 1 aliphatic heterocycles. The van der Waals surface area contributed by atoms with Gasteiger partial charge < -0.3 is 4.90 Å². The monoisotopic (exact) mass is 133 g/mol. The SMILES string of the molecule is [c]1ccc(N2CCC2)cn1. The first-order valence-electron chi connectivity index (χ1n) is 3.54. The van der Waals surface area contributed by atoms with Crippen LogP contribution in [0.3, 0.4) is 0 Å². The maximum absolute atomic E-state index is 3.92. The van der Waals surface area contributed by atoms with Crippen LogP contribution in [0.5, 0.6) is 0 Å². The molecular formula is C8H9N2. The molecule has 0 bridgehead atoms. The van der Waals surface area contributed by atoms with Crippen LogP contribution in [0.25, 0.3) is 0 Å². The Bertz CT molecular complexity index is 204. The number of pyridine rings is 1. The second-order valence-electron chi connectivity index (χ2n) is 2.49. The lowest BCUT2D eigenvalue weighted by molar-refractivity contribution is 0.616. The lowest BCUT2D eigenvalue weighted by Gasteiger charge is -2.32. The van der Waals surface area contributed by atoms with Gasteiger partial charge in [0, 0.05) is 13.1 Å². The third-order valence-corrected chi connectivity index (χ3v) is 1.82. The van der Waals surface area contributed by atoms with Crippen molar-refractivity contribution in [2.45, 2.75) is 6.42 Å². The molecular weight excluding hydrogens is 124 g/mol. The van der Waals surface area contributed by atoms with E-state index in [1.165, 1.54) is 25.2 Å². The molecule has 0 aromatic carbocycles. The van der Waals surface area contributed by atoms with Crippen molar-refractivity contribution in [2.24, 2.45) is 0 Å². The lowest BCUT2D eigenvalue weighted by Crippen LogP contribution is -2.36. The highest BCUT2D eigenvalue weighted by atomic mass is 15.2. The summed E-state index contributed by atoms with van der Waals surface area (Å²) in [5.74, 6) is 0. The van der Waals surface area contributed by atoms with Gasteiger partial charge in [-0.05, 0) is 18.6 Å². The second-order valence-corrected chi connectivity index (χ2v) is 2.49. The molecule has 1 fully saturated rings. The first kappa shape index (κ1) is 5.71. The first-order valence-corrected chi connectivity index (χ1v) is 3.54. The highest BCUT2D eigenvalue weighted by molar-refractivity contribution is 5.45. The fourth-order valence-corrected chi connectivity index (χ4v) is 1.07. The van der Waals surface area contributed by atoms with Gasteiger partial charge in [-0.3, -0.25) is 4.98 Å². The molecule has 1 saturated heterocycles. The third kappa shape index (κ3) is 0.856. The second kappa shape index (κ2) is 2.29. The number of anilines is 1. The summed E-state index contributed by atoms with van der Waals surface area (Å²) >= 11 is 0. The van der Waals surface area contributed by atoms with Crippen LogP contribution in [-0.4, -0.2) is 18.1 Å². The summed E-state index contributed by atoms with van der Waals surface area (Å²) < 4.78 is 0. The van der Waals surface area contributed by atoms with Crippen LogP contribution < -0.4 is 4.90 Å². The minimum absolute atomic E-state index is 1.19. The van der Waals surface area contributed by atoms with Crippen molar-refractivity contribution >= 4 is 5.69 Å². The van der Waals surface area contributed by atoms with Gasteiger partial charge in [-0.25, -0.2) is 0 Å². The molecule has 0 N–H and O–H groups in total. The maximum atomic E-state index is 3.92. The highest BCUT2D eigenvalue weighted by Crippen LogP contribution is 2.17. The Balaban J connectivity index is 2.18. The predicted octanol–water partition coefficient (Wildman–Crippen LogP) is 1.09. The van der Waals surface area contributed by atoms with E-state index in [2.05, 4.69) is 16.1 Å². The molecule has 2 nitrogen and oxygen atoms in total. The summed E-state index contributed by atoms with van der Waals surface area (Å²) in [5, 5.41) is 0. The Morgan fingerprint density at radius 3 is 2.90 bits per heavy atom. The fraction of sp³-hybridized carbons (Fsp3) is 0.375. The van der Waals surface area contributed by atoms with E-state index < -0.39 is 0 Å². The molecule has 2 rings (SSSR count). The Labute approximate surface area is 60.5 Å². The van der Waals surface area contributed by atoms with Crippen LogP contribution in [0.2, 0.25) is 0 Å². The van der Waals surface area contributed by atoms with Gasteiger partial charge in [0.05, 0.1) is 18.1 Å². The zero-order chi connectivity index (χ0) is 6.81. The summed E-state index contributed by atoms with van der Waals surface area (Å²) in [7, 11) is 0. The standard InChI is InChI=1S/C8H9N2/c1-3-8(7-9-4-1)10-5-2-6-10/h1,3,7H,2,5-6H2. The topological polar surface area (TPSA) is 16.1 Å². The van der Waals surface area contributed by atoms with Gasteiger partial charge in [0.25, 0.3) is 0 Å². The Kier molecular flexibility index (Phi) is 1.31. The molecule has 51 valence electrons. The van der Waals surface area contributed by atoms with Crippen molar-refractivity contribution in [3.05, 3.63) is 24.5 Å². The Hall–Kier alpha value is -1.05. The third-order valence-electron chi connectivity index (χ3n) is 1.82. The smallest absolute Gasteiger partial charge is 0.0887 e. The van der Waals surface area contributed by atoms with Crippen molar-refractivity contribution in [3.63, 3.8) is 0 Å². The number of nitrogens with zero attached hydrogens (tertiary/aromatic N) is 2. The molecule has 1 aromatic rings. The Morgan fingerprint density at radius 2 is 2.40 bits per heavy atom. The van der Waals surface area contributed by atoms with Gasteiger partial charge in [0.15, 0.2) is 0 Å². The maximum Gasteiger partial charge on any atom is 0.0887 e. The van der Waals surface area contributed by atoms with Gasteiger partial charge in [-0.1, -0.05) is 0 Å². The number of aromatic nitrogens is 1. The van der Waals surface area contributed by atoms with E-state index in [0.717, 1.165) is 0 Å². The largest absolute Gasteiger partial charge is 0.370 e. The summed E-state index contributed by atoms with van der Waals surface area (Å²) in [4.78, 5) is 6.23. The van der Waals surface area contributed by atoms with E-state index in [1.54, 1.807) is 0 Å². The molecule has 2 heteroatoms. The molecule has 0 saturated carbocycles. The van der Waals surface area contributed by atoms with Crippen molar-refractivity contribution in [2.75, 3.05) is 18.0 Å². The van der Waals surface area contributed by atoms with Crippen LogP contribution in [-0.2, 0) is 0 Å². The minimum atomic E-state index is 1.19. The number of hydrogen-bond donors (Lipinski definition) is 0. The molecule has 10 heavy (non-hydrogen) atoms. The highest BCUT2D eigenvalue weighted by Gasteiger charge is 2.13. The van der Waals surface area contributed by atoms with E-state index in [9.17, 15) is 0 Å². The normalized spacial score (nSPS) is 16.6. The summed E-state index contributed by atoms with van der Waals surface area (Å²) in [6.45, 7) is 2.37. The minimum Gasteiger partial charge on any atom is -0.370 e. The molecule has 0 spiro atoms. The van der Waals surface area contributed by atoms with Crippen LogP contribution in [0.4, 0.5) is 5.69 Å². The molecule has 1 aliphatic rings. The van der Waals surface area contributed by atoms with E-state index in [4.69, 9.17) is 0 Å². The summed E-state index contributed by atoms with van der Waals surface area (Å²) in [6.07, 6.45) is 5.94. The van der Waals surface area contributed by atoms with Crippen LogP contribution in [0.1, 0.15) is 6.42 Å². The zero-order valence-electron chi connectivity index (χ0n) is 5.75. The van der Waals surface area contributed by atoms with Crippen LogP contribution in [0.15, 0.2) is 18.3 Å². The van der Waals surface area contributed by atoms with Gasteiger partial charge >= 0.3 is 0 Å². The van der Waals surface area contributed by atoms with Gasteiger partial charge in [0.1, 0.15) is 0 Å². The lowest BCUT2D eigenvalue weighted by atomic mass is 10.2. The van der Waals surface area contributed by atoms with Crippen molar-refractivity contribution < 1.29 is 0 Å². The Morgan fingerprint density at radius 1 is 1.50 bits per heavy atom. The number of rotatable bonds is 1. The van der Waals surface area contributed by atoms with Gasteiger partial charge in [0.2, 0.25) is 0 Å².